The van der Waals surface area contributed by atoms with Gasteiger partial charge in [0.15, 0.2) is 0 Å². The summed E-state index contributed by atoms with van der Waals surface area (Å²) in [6, 6.07) is 0.562. The van der Waals surface area contributed by atoms with Crippen LogP contribution < -0.4 is 5.73 Å². The van der Waals surface area contributed by atoms with Gasteiger partial charge in [0.1, 0.15) is 0 Å². The van der Waals surface area contributed by atoms with Crippen LogP contribution in [0, 0.1) is 5.92 Å². The summed E-state index contributed by atoms with van der Waals surface area (Å²) >= 11 is 0. The third-order valence-corrected chi connectivity index (χ3v) is 4.68. The van der Waals surface area contributed by atoms with Gasteiger partial charge in [-0.1, -0.05) is 19.3 Å². The number of nitrogens with zero attached hydrogens (tertiary/aromatic N) is 1. The topological polar surface area (TPSA) is 64.8 Å². The van der Waals surface area contributed by atoms with Crippen LogP contribution in [0.2, 0.25) is 0 Å². The van der Waals surface area contributed by atoms with Crippen LogP contribution in [0.5, 0.6) is 0 Å². The van der Waals surface area contributed by atoms with E-state index in [2.05, 4.69) is 4.90 Å². The van der Waals surface area contributed by atoms with Crippen LogP contribution in [0.25, 0.3) is 0 Å². The Hall–Kier alpha value is -0.650. The standard InChI is InChI=1S/C15H28N2O3/c1-19-15(18)9-13-11-17(7-8-20-13)14-6-4-2-3-5-12(14)10-16/h12-14H,2-11,16H2,1H3. The van der Waals surface area contributed by atoms with E-state index in [-0.39, 0.29) is 12.1 Å². The van der Waals surface area contributed by atoms with E-state index in [0.29, 0.717) is 25.0 Å². The van der Waals surface area contributed by atoms with Crippen molar-refractivity contribution < 1.29 is 14.3 Å². The summed E-state index contributed by atoms with van der Waals surface area (Å²) in [5.41, 5.74) is 5.97. The Bertz CT molecular complexity index is 311. The lowest BCUT2D eigenvalue weighted by Gasteiger charge is -2.40. The molecular formula is C15H28N2O3. The summed E-state index contributed by atoms with van der Waals surface area (Å²) in [6.45, 7) is 3.26. The maximum Gasteiger partial charge on any atom is 0.308 e. The van der Waals surface area contributed by atoms with Gasteiger partial charge in [-0.05, 0) is 25.3 Å². The van der Waals surface area contributed by atoms with Crippen molar-refractivity contribution >= 4 is 5.97 Å². The molecule has 20 heavy (non-hydrogen) atoms. The predicted molar refractivity (Wildman–Crippen MR) is 77.4 cm³/mol. The van der Waals surface area contributed by atoms with E-state index in [0.717, 1.165) is 19.6 Å². The molecule has 1 aliphatic heterocycles. The van der Waals surface area contributed by atoms with E-state index in [4.69, 9.17) is 15.2 Å². The minimum atomic E-state index is -0.187. The number of rotatable bonds is 4. The van der Waals surface area contributed by atoms with Crippen LogP contribution in [0.15, 0.2) is 0 Å². The maximum atomic E-state index is 11.4. The van der Waals surface area contributed by atoms with E-state index in [9.17, 15) is 4.79 Å². The highest BCUT2D eigenvalue weighted by molar-refractivity contribution is 5.69. The molecule has 2 fully saturated rings. The van der Waals surface area contributed by atoms with Crippen molar-refractivity contribution in [3.8, 4) is 0 Å². The monoisotopic (exact) mass is 284 g/mol. The Balaban J connectivity index is 1.93. The van der Waals surface area contributed by atoms with Crippen LogP contribution in [0.4, 0.5) is 0 Å². The minimum Gasteiger partial charge on any atom is -0.469 e. The van der Waals surface area contributed by atoms with E-state index < -0.39 is 0 Å². The van der Waals surface area contributed by atoms with Gasteiger partial charge in [-0.25, -0.2) is 0 Å². The molecule has 0 aromatic rings. The molecule has 1 aliphatic carbocycles. The van der Waals surface area contributed by atoms with Gasteiger partial charge >= 0.3 is 5.97 Å². The van der Waals surface area contributed by atoms with Crippen LogP contribution >= 0.6 is 0 Å². The number of carbonyl (C=O) groups excluding carboxylic acids is 1. The maximum absolute atomic E-state index is 11.4. The Morgan fingerprint density at radius 3 is 2.90 bits per heavy atom. The number of carbonyl (C=O) groups is 1. The second-order valence-corrected chi connectivity index (χ2v) is 5.97. The molecule has 1 heterocycles. The van der Waals surface area contributed by atoms with Crippen molar-refractivity contribution in [1.82, 2.24) is 4.90 Å². The Morgan fingerprint density at radius 1 is 1.35 bits per heavy atom. The Labute approximate surface area is 121 Å². The average molecular weight is 284 g/mol. The largest absolute Gasteiger partial charge is 0.469 e. The quantitative estimate of drug-likeness (QED) is 0.620. The Kier molecular flexibility index (Phi) is 6.26. The van der Waals surface area contributed by atoms with E-state index in [1.807, 2.05) is 0 Å². The molecule has 0 radical (unpaired) electrons. The summed E-state index contributed by atoms with van der Waals surface area (Å²) in [6.07, 6.45) is 6.70. The fourth-order valence-corrected chi connectivity index (χ4v) is 3.56. The van der Waals surface area contributed by atoms with Crippen molar-refractivity contribution in [2.75, 3.05) is 33.4 Å². The SMILES string of the molecule is COC(=O)CC1CN(C2CCCCCC2CN)CCO1. The average Bonchev–Trinajstić information content (AvgIpc) is 2.72. The van der Waals surface area contributed by atoms with Crippen molar-refractivity contribution in [1.29, 1.82) is 0 Å². The lowest BCUT2D eigenvalue weighted by molar-refractivity contribution is -0.146. The summed E-state index contributed by atoms with van der Waals surface area (Å²) in [5, 5.41) is 0. The molecule has 1 saturated carbocycles. The number of ether oxygens (including phenoxy) is 2. The first-order chi connectivity index (χ1) is 9.74. The molecule has 3 atom stereocenters. The molecule has 1 saturated heterocycles. The molecule has 0 bridgehead atoms. The van der Waals surface area contributed by atoms with Crippen molar-refractivity contribution in [2.24, 2.45) is 11.7 Å². The first-order valence-corrected chi connectivity index (χ1v) is 7.87. The van der Waals surface area contributed by atoms with E-state index >= 15 is 0 Å². The van der Waals surface area contributed by atoms with Gasteiger partial charge < -0.3 is 15.2 Å². The van der Waals surface area contributed by atoms with Crippen LogP contribution in [0.3, 0.4) is 0 Å². The summed E-state index contributed by atoms with van der Waals surface area (Å²) in [5.74, 6) is 0.405. The number of esters is 1. The number of morpholine rings is 1. The molecule has 116 valence electrons. The van der Waals surface area contributed by atoms with Gasteiger partial charge in [-0.3, -0.25) is 9.69 Å². The molecule has 0 amide bonds. The van der Waals surface area contributed by atoms with Crippen LogP contribution in [-0.2, 0) is 14.3 Å². The fourth-order valence-electron chi connectivity index (χ4n) is 3.56. The molecule has 2 N–H and O–H groups in total. The van der Waals surface area contributed by atoms with Gasteiger partial charge in [0.2, 0.25) is 0 Å². The van der Waals surface area contributed by atoms with Gasteiger partial charge in [0.05, 0.1) is 26.2 Å². The van der Waals surface area contributed by atoms with Gasteiger partial charge in [0.25, 0.3) is 0 Å². The molecule has 3 unspecified atom stereocenters. The minimum absolute atomic E-state index is 0.0297. The number of nitrogens with two attached hydrogens (primary N) is 1. The molecule has 0 aromatic carbocycles. The first kappa shape index (κ1) is 15.7. The Morgan fingerprint density at radius 2 is 2.15 bits per heavy atom. The highest BCUT2D eigenvalue weighted by atomic mass is 16.5. The molecular weight excluding hydrogens is 256 g/mol. The summed E-state index contributed by atoms with van der Waals surface area (Å²) in [4.78, 5) is 13.9. The van der Waals surface area contributed by atoms with Gasteiger partial charge in [-0.2, -0.15) is 0 Å². The third kappa shape index (κ3) is 4.17. The fraction of sp³-hybridized carbons (Fsp3) is 0.933. The third-order valence-electron chi connectivity index (χ3n) is 4.68. The van der Waals surface area contributed by atoms with Crippen LogP contribution in [0.1, 0.15) is 38.5 Å². The van der Waals surface area contributed by atoms with Gasteiger partial charge in [0, 0.05) is 19.1 Å². The second kappa shape index (κ2) is 7.96. The lowest BCUT2D eigenvalue weighted by Crippen LogP contribution is -2.51. The highest BCUT2D eigenvalue weighted by Crippen LogP contribution is 2.28. The summed E-state index contributed by atoms with van der Waals surface area (Å²) < 4.78 is 10.4. The summed E-state index contributed by atoms with van der Waals surface area (Å²) in [7, 11) is 1.43. The van der Waals surface area contributed by atoms with Crippen molar-refractivity contribution in [2.45, 2.75) is 50.7 Å². The van der Waals surface area contributed by atoms with Crippen molar-refractivity contribution in [3.05, 3.63) is 0 Å². The predicted octanol–water partition coefficient (Wildman–Crippen LogP) is 1.16. The molecule has 2 rings (SSSR count). The molecule has 0 spiro atoms. The number of hydrogen-bond acceptors (Lipinski definition) is 5. The van der Waals surface area contributed by atoms with Crippen molar-refractivity contribution in [3.63, 3.8) is 0 Å². The zero-order valence-corrected chi connectivity index (χ0v) is 12.6. The number of hydrogen-bond donors (Lipinski definition) is 1. The number of methoxy groups -OCH3 is 1. The van der Waals surface area contributed by atoms with Crippen LogP contribution in [-0.4, -0.2) is 56.4 Å². The zero-order chi connectivity index (χ0) is 14.4. The second-order valence-electron chi connectivity index (χ2n) is 5.97. The molecule has 2 aliphatic rings. The smallest absolute Gasteiger partial charge is 0.308 e. The zero-order valence-electron chi connectivity index (χ0n) is 12.6. The van der Waals surface area contributed by atoms with E-state index in [1.54, 1.807) is 0 Å². The highest BCUT2D eigenvalue weighted by Gasteiger charge is 2.32. The molecule has 5 nitrogen and oxygen atoms in total. The molecule has 5 heteroatoms. The first-order valence-electron chi connectivity index (χ1n) is 7.87. The lowest BCUT2D eigenvalue weighted by atomic mass is 9.92. The molecule has 0 aromatic heterocycles. The van der Waals surface area contributed by atoms with Gasteiger partial charge in [-0.15, -0.1) is 0 Å². The van der Waals surface area contributed by atoms with E-state index in [1.165, 1.54) is 39.2 Å². The normalized spacial score (nSPS) is 32.6.